The Morgan fingerprint density at radius 2 is 2.03 bits per heavy atom. The molecule has 162 valence electrons. The van der Waals surface area contributed by atoms with E-state index < -0.39 is 18.2 Å². The van der Waals surface area contributed by atoms with Crippen LogP contribution in [0.3, 0.4) is 0 Å². The van der Waals surface area contributed by atoms with E-state index in [1.165, 1.54) is 6.07 Å². The number of nitrogens with zero attached hydrogens (tertiary/aromatic N) is 4. The monoisotopic (exact) mass is 427 g/mol. The van der Waals surface area contributed by atoms with Crippen LogP contribution in [-0.4, -0.2) is 31.5 Å². The third kappa shape index (κ3) is 3.90. The van der Waals surface area contributed by atoms with Crippen LogP contribution in [0.1, 0.15) is 60.7 Å². The molecule has 1 aromatic carbocycles. The number of rotatable bonds is 5. The van der Waals surface area contributed by atoms with Gasteiger partial charge in [0.15, 0.2) is 0 Å². The minimum Gasteiger partial charge on any atom is -0.391 e. The van der Waals surface area contributed by atoms with Crippen molar-refractivity contribution in [3.63, 3.8) is 0 Å². The third-order valence-corrected chi connectivity index (χ3v) is 5.96. The average Bonchev–Trinajstić information content (AvgIpc) is 3.50. The molecule has 2 fully saturated rings. The zero-order valence-corrected chi connectivity index (χ0v) is 16.8. The summed E-state index contributed by atoms with van der Waals surface area (Å²) >= 11 is 0. The summed E-state index contributed by atoms with van der Waals surface area (Å²) in [6.07, 6.45) is 7.38. The Morgan fingerprint density at radius 1 is 1.19 bits per heavy atom. The molecule has 3 aromatic rings. The number of ether oxygens (including phenoxy) is 1. The summed E-state index contributed by atoms with van der Waals surface area (Å²) in [5.74, 6) is -0.948. The van der Waals surface area contributed by atoms with Gasteiger partial charge in [0.25, 0.3) is 0 Å². The van der Waals surface area contributed by atoms with Crippen LogP contribution in [-0.2, 0) is 11.3 Å². The van der Waals surface area contributed by atoms with Gasteiger partial charge in [-0.1, -0.05) is 0 Å². The Hall–Kier alpha value is -2.91. The molecule has 2 atom stereocenters. The first-order valence-corrected chi connectivity index (χ1v) is 10.4. The number of benzene rings is 1. The van der Waals surface area contributed by atoms with E-state index in [9.17, 15) is 13.9 Å². The van der Waals surface area contributed by atoms with Crippen LogP contribution in [0.4, 0.5) is 14.6 Å². The van der Waals surface area contributed by atoms with Gasteiger partial charge in [-0.15, -0.1) is 0 Å². The van der Waals surface area contributed by atoms with Gasteiger partial charge in [0, 0.05) is 41.5 Å². The summed E-state index contributed by atoms with van der Waals surface area (Å²) in [5.41, 5.74) is 7.60. The standard InChI is InChI=1S/C22H23F2N5O2/c23-14-1-4-16(18(24)8-14)20-17(11-30)21(25)28-22(27-20)12-5-6-31-19(7-12)13-9-26-29(10-13)15-2-3-15/h1,4,8-10,12,15,19,30H,2-3,5-7,11H2,(H2,25,27,28)/t12-,19+/m0/s1. The Balaban J connectivity index is 1.46. The van der Waals surface area contributed by atoms with E-state index in [0.717, 1.165) is 30.5 Å². The number of nitrogens with two attached hydrogens (primary N) is 1. The Labute approximate surface area is 177 Å². The highest BCUT2D eigenvalue weighted by Gasteiger charge is 2.31. The Bertz CT molecular complexity index is 1120. The molecule has 3 N–H and O–H groups in total. The molecule has 1 saturated carbocycles. The van der Waals surface area contributed by atoms with Crippen molar-refractivity contribution < 1.29 is 18.6 Å². The molecule has 0 spiro atoms. The lowest BCUT2D eigenvalue weighted by Gasteiger charge is -2.28. The predicted octanol–water partition coefficient (Wildman–Crippen LogP) is 3.66. The largest absolute Gasteiger partial charge is 0.391 e. The van der Waals surface area contributed by atoms with E-state index in [4.69, 9.17) is 10.5 Å². The fourth-order valence-electron chi connectivity index (χ4n) is 4.08. The summed E-state index contributed by atoms with van der Waals surface area (Å²) in [6, 6.07) is 3.74. The summed E-state index contributed by atoms with van der Waals surface area (Å²) < 4.78 is 35.8. The number of halogens is 2. The molecule has 3 heterocycles. The molecule has 7 nitrogen and oxygen atoms in total. The van der Waals surface area contributed by atoms with Gasteiger partial charge in [0.05, 0.1) is 30.6 Å². The summed E-state index contributed by atoms with van der Waals surface area (Å²) in [7, 11) is 0. The average molecular weight is 427 g/mol. The topological polar surface area (TPSA) is 99.1 Å². The molecule has 9 heteroatoms. The van der Waals surface area contributed by atoms with Crippen LogP contribution in [0.2, 0.25) is 0 Å². The van der Waals surface area contributed by atoms with Crippen molar-refractivity contribution >= 4 is 5.82 Å². The van der Waals surface area contributed by atoms with Crippen LogP contribution in [0, 0.1) is 11.6 Å². The number of anilines is 1. The van der Waals surface area contributed by atoms with Crippen LogP contribution in [0.5, 0.6) is 0 Å². The summed E-state index contributed by atoms with van der Waals surface area (Å²) in [4.78, 5) is 8.98. The van der Waals surface area contributed by atoms with Gasteiger partial charge in [-0.25, -0.2) is 18.7 Å². The highest BCUT2D eigenvalue weighted by Crippen LogP contribution is 2.40. The zero-order valence-electron chi connectivity index (χ0n) is 16.8. The van der Waals surface area contributed by atoms with Gasteiger partial charge < -0.3 is 15.6 Å². The highest BCUT2D eigenvalue weighted by molar-refractivity contribution is 5.68. The molecule has 5 rings (SSSR count). The number of nitrogen functional groups attached to an aromatic ring is 1. The maximum Gasteiger partial charge on any atom is 0.135 e. The molecule has 2 aliphatic rings. The second-order valence-electron chi connectivity index (χ2n) is 8.14. The second-order valence-corrected chi connectivity index (χ2v) is 8.14. The lowest BCUT2D eigenvalue weighted by molar-refractivity contribution is 0.00393. The SMILES string of the molecule is Nc1nc([C@H]2CCO[C@@H](c3cnn(C4CC4)c3)C2)nc(-c2ccc(F)cc2F)c1CO. The van der Waals surface area contributed by atoms with E-state index in [1.807, 2.05) is 17.1 Å². The molecule has 2 aromatic heterocycles. The second kappa shape index (κ2) is 7.97. The number of aromatic nitrogens is 4. The minimum atomic E-state index is -0.768. The van der Waals surface area contributed by atoms with Crippen molar-refractivity contribution in [2.45, 2.75) is 50.4 Å². The quantitative estimate of drug-likeness (QED) is 0.645. The Kier molecular flexibility index (Phi) is 5.15. The van der Waals surface area contributed by atoms with Crippen molar-refractivity contribution in [1.29, 1.82) is 0 Å². The molecule has 31 heavy (non-hydrogen) atoms. The van der Waals surface area contributed by atoms with E-state index in [2.05, 4.69) is 15.1 Å². The summed E-state index contributed by atoms with van der Waals surface area (Å²) in [5, 5.41) is 14.2. The van der Waals surface area contributed by atoms with Crippen molar-refractivity contribution in [2.24, 2.45) is 0 Å². The number of hydrogen-bond donors (Lipinski definition) is 2. The zero-order chi connectivity index (χ0) is 21.5. The van der Waals surface area contributed by atoms with Gasteiger partial charge in [-0.2, -0.15) is 5.10 Å². The normalized spacial score (nSPS) is 21.4. The maximum atomic E-state index is 14.5. The van der Waals surface area contributed by atoms with E-state index in [-0.39, 0.29) is 34.7 Å². The lowest BCUT2D eigenvalue weighted by atomic mass is 9.92. The van der Waals surface area contributed by atoms with E-state index in [1.54, 1.807) is 0 Å². The Morgan fingerprint density at radius 3 is 2.77 bits per heavy atom. The van der Waals surface area contributed by atoms with E-state index in [0.29, 0.717) is 31.3 Å². The van der Waals surface area contributed by atoms with Gasteiger partial charge in [-0.05, 0) is 37.8 Å². The fraction of sp³-hybridized carbons (Fsp3) is 0.409. The first-order valence-electron chi connectivity index (χ1n) is 10.4. The van der Waals surface area contributed by atoms with Gasteiger partial charge in [-0.3, -0.25) is 4.68 Å². The highest BCUT2D eigenvalue weighted by atomic mass is 19.1. The minimum absolute atomic E-state index is 0.0553. The number of hydrogen-bond acceptors (Lipinski definition) is 6. The van der Waals surface area contributed by atoms with Crippen molar-refractivity contribution in [1.82, 2.24) is 19.7 Å². The molecule has 0 unspecified atom stereocenters. The molecule has 1 aliphatic heterocycles. The number of aliphatic hydroxyl groups excluding tert-OH is 1. The predicted molar refractivity (Wildman–Crippen MR) is 109 cm³/mol. The van der Waals surface area contributed by atoms with Crippen molar-refractivity contribution in [3.8, 4) is 11.3 Å². The molecule has 0 amide bonds. The van der Waals surface area contributed by atoms with Gasteiger partial charge >= 0.3 is 0 Å². The molecular formula is C22H23F2N5O2. The van der Waals surface area contributed by atoms with Crippen LogP contribution in [0.15, 0.2) is 30.6 Å². The number of aliphatic hydroxyl groups is 1. The van der Waals surface area contributed by atoms with Crippen molar-refractivity contribution in [2.75, 3.05) is 12.3 Å². The molecular weight excluding hydrogens is 404 g/mol. The summed E-state index contributed by atoms with van der Waals surface area (Å²) in [6.45, 7) is 0.0736. The van der Waals surface area contributed by atoms with Crippen LogP contribution in [0.25, 0.3) is 11.3 Å². The smallest absolute Gasteiger partial charge is 0.135 e. The maximum absolute atomic E-state index is 14.5. The van der Waals surface area contributed by atoms with Crippen molar-refractivity contribution in [3.05, 3.63) is 59.2 Å². The fourth-order valence-corrected chi connectivity index (χ4v) is 4.08. The van der Waals surface area contributed by atoms with Gasteiger partial charge in [0.2, 0.25) is 0 Å². The van der Waals surface area contributed by atoms with Crippen LogP contribution < -0.4 is 5.73 Å². The molecule has 1 aliphatic carbocycles. The lowest BCUT2D eigenvalue weighted by Crippen LogP contribution is -2.21. The first kappa shape index (κ1) is 20.0. The third-order valence-electron chi connectivity index (χ3n) is 5.96. The molecule has 1 saturated heterocycles. The van der Waals surface area contributed by atoms with Crippen LogP contribution >= 0.6 is 0 Å². The molecule has 0 radical (unpaired) electrons. The van der Waals surface area contributed by atoms with Gasteiger partial charge in [0.1, 0.15) is 23.3 Å². The van der Waals surface area contributed by atoms with E-state index >= 15 is 0 Å². The first-order chi connectivity index (χ1) is 15.0. The molecule has 0 bridgehead atoms.